The van der Waals surface area contributed by atoms with Crippen LogP contribution in [0, 0.1) is 0 Å². The summed E-state index contributed by atoms with van der Waals surface area (Å²) in [6.45, 7) is 5.60. The number of carbonyl (C=O) groups is 1. The number of amides is 1. The molecule has 0 aliphatic rings. The first-order valence-corrected chi connectivity index (χ1v) is 4.00. The average Bonchev–Trinajstić information content (AvgIpc) is 2.01. The molecule has 1 heterocycles. The lowest BCUT2D eigenvalue weighted by Gasteiger charge is -2.19. The Morgan fingerprint density at radius 3 is 2.77 bits per heavy atom. The second-order valence-corrected chi connectivity index (χ2v) is 3.72. The van der Waals surface area contributed by atoms with E-state index >= 15 is 0 Å². The minimum absolute atomic E-state index is 0.0578. The Morgan fingerprint density at radius 2 is 2.23 bits per heavy atom. The van der Waals surface area contributed by atoms with Crippen LogP contribution >= 0.6 is 0 Å². The van der Waals surface area contributed by atoms with E-state index in [-0.39, 0.29) is 23.3 Å². The summed E-state index contributed by atoms with van der Waals surface area (Å²) in [5.74, 6) is -0.365. The van der Waals surface area contributed by atoms with Gasteiger partial charge in [0.05, 0.1) is 7.54 Å². The number of nitrogens with zero attached hydrogens (tertiary/aromatic N) is 2. The third-order valence-corrected chi connectivity index (χ3v) is 1.22. The number of nitrogens with one attached hydrogen (secondary N) is 1. The molecule has 0 aromatic carbocycles. The highest BCUT2D eigenvalue weighted by Gasteiger charge is 2.15. The van der Waals surface area contributed by atoms with Crippen molar-refractivity contribution in [2.24, 2.45) is 0 Å². The first-order chi connectivity index (χ1) is 6.40. The van der Waals surface area contributed by atoms with Crippen LogP contribution in [0.25, 0.3) is 0 Å². The molecule has 0 fully saturated rings. The number of aromatic nitrogens is 2. The predicted molar refractivity (Wildman–Crippen MR) is 49.3 cm³/mol. The summed E-state index contributed by atoms with van der Waals surface area (Å²) in [5.41, 5.74) is -0.274. The smallest absolute Gasteiger partial charge is 0.271 e. The van der Waals surface area contributed by atoms with E-state index in [2.05, 4.69) is 15.3 Å². The van der Waals surface area contributed by atoms with Gasteiger partial charge in [-0.25, -0.2) is 4.98 Å². The van der Waals surface area contributed by atoms with E-state index in [1.165, 1.54) is 12.4 Å². The lowest BCUT2D eigenvalue weighted by Crippen LogP contribution is -2.40. The molecule has 0 saturated carbocycles. The van der Waals surface area contributed by atoms with E-state index in [9.17, 15) is 4.79 Å². The van der Waals surface area contributed by atoms with Gasteiger partial charge in [0.25, 0.3) is 5.91 Å². The molecule has 0 aliphatic carbocycles. The van der Waals surface area contributed by atoms with Crippen molar-refractivity contribution in [1.82, 2.24) is 15.3 Å². The zero-order valence-electron chi connectivity index (χ0n) is 8.96. The van der Waals surface area contributed by atoms with E-state index in [1.54, 1.807) is 0 Å². The molecule has 13 heavy (non-hydrogen) atoms. The molecule has 1 aromatic heterocycles. The Kier molecular flexibility index (Phi) is 2.21. The van der Waals surface area contributed by atoms with Crippen LogP contribution in [0.4, 0.5) is 0 Å². The van der Waals surface area contributed by atoms with Gasteiger partial charge in [0.15, 0.2) is 0 Å². The van der Waals surface area contributed by atoms with Gasteiger partial charge in [0, 0.05) is 17.9 Å². The molecule has 0 aliphatic heterocycles. The van der Waals surface area contributed by atoms with Gasteiger partial charge >= 0.3 is 0 Å². The van der Waals surface area contributed by atoms with Gasteiger partial charge in [-0.1, -0.05) is 0 Å². The molecule has 0 saturated heterocycles. The summed E-state index contributed by atoms with van der Waals surface area (Å²) in [6, 6.07) is 0. The van der Waals surface area contributed by atoms with Gasteiger partial charge < -0.3 is 5.32 Å². The van der Waals surface area contributed by atoms with Crippen LogP contribution < -0.4 is 5.32 Å². The van der Waals surface area contributed by atoms with E-state index in [0.717, 1.165) is 0 Å². The van der Waals surface area contributed by atoms with Crippen molar-refractivity contribution < 1.29 is 6.17 Å². The van der Waals surface area contributed by atoms with Crippen molar-refractivity contribution in [3.8, 4) is 0 Å². The quantitative estimate of drug-likeness (QED) is 0.701. The summed E-state index contributed by atoms with van der Waals surface area (Å²) >= 11 is 0. The highest BCUT2D eigenvalue weighted by Crippen LogP contribution is 2.00. The van der Waals surface area contributed by atoms with Crippen molar-refractivity contribution in [3.63, 3.8) is 0 Å². The largest absolute Gasteiger partial charge is 0.346 e. The number of hydrogen-bond acceptors (Lipinski definition) is 3. The van der Waals surface area contributed by atoms with Crippen LogP contribution in [0.1, 0.15) is 32.6 Å². The fourth-order valence-corrected chi connectivity index (χ4v) is 0.778. The molecular weight excluding hydrogens is 166 g/mol. The monoisotopic (exact) mass is 180 g/mol. The highest BCUT2D eigenvalue weighted by atomic mass is 16.2. The third kappa shape index (κ3) is 3.19. The van der Waals surface area contributed by atoms with E-state index in [1.807, 2.05) is 20.8 Å². The van der Waals surface area contributed by atoms with Crippen LogP contribution in [0.3, 0.4) is 0 Å². The van der Waals surface area contributed by atoms with Gasteiger partial charge in [-0.2, -0.15) is 0 Å². The maximum absolute atomic E-state index is 11.5. The number of hydrogen-bond donors (Lipinski definition) is 1. The Morgan fingerprint density at radius 1 is 1.54 bits per heavy atom. The van der Waals surface area contributed by atoms with Gasteiger partial charge in [-0.15, -0.1) is 0 Å². The van der Waals surface area contributed by atoms with E-state index < -0.39 is 0 Å². The topological polar surface area (TPSA) is 54.9 Å². The van der Waals surface area contributed by atoms with Crippen molar-refractivity contribution in [2.75, 3.05) is 0 Å². The average molecular weight is 180 g/mol. The second-order valence-electron chi connectivity index (χ2n) is 3.72. The fourth-order valence-electron chi connectivity index (χ4n) is 0.778. The van der Waals surface area contributed by atoms with Crippen LogP contribution in [0.15, 0.2) is 18.6 Å². The molecule has 0 bridgehead atoms. The van der Waals surface area contributed by atoms with Crippen molar-refractivity contribution >= 4 is 5.91 Å². The zero-order valence-corrected chi connectivity index (χ0v) is 7.96. The summed E-state index contributed by atoms with van der Waals surface area (Å²) < 4.78 is 7.37. The maximum atomic E-state index is 11.5. The number of carbonyl (C=O) groups excluding carboxylic acids is 1. The molecule has 4 heteroatoms. The van der Waals surface area contributed by atoms with Crippen molar-refractivity contribution in [3.05, 3.63) is 24.3 Å². The van der Waals surface area contributed by atoms with Gasteiger partial charge in [-0.3, -0.25) is 9.78 Å². The van der Waals surface area contributed by atoms with E-state index in [0.29, 0.717) is 0 Å². The number of rotatable bonds is 1. The first kappa shape index (κ1) is 8.16. The third-order valence-electron chi connectivity index (χ3n) is 1.22. The Labute approximate surface area is 78.8 Å². The minimum Gasteiger partial charge on any atom is -0.346 e. The summed E-state index contributed by atoms with van der Waals surface area (Å²) in [5, 5.41) is 2.71. The first-order valence-electron chi connectivity index (χ1n) is 4.50. The lowest BCUT2D eigenvalue weighted by atomic mass is 10.1. The standard InChI is InChI=1S/C9H13N3O/c1-9(2,3)12-8(13)7-6-10-4-5-11-7/h4-6H,1-3H3,(H,12,13)/i6D. The normalized spacial score (nSPS) is 12.1. The Balaban J connectivity index is 2.86. The molecule has 1 amide bonds. The van der Waals surface area contributed by atoms with E-state index in [4.69, 9.17) is 1.37 Å². The molecule has 0 spiro atoms. The molecule has 0 atom stereocenters. The predicted octanol–water partition coefficient (Wildman–Crippen LogP) is 1.00. The summed E-state index contributed by atoms with van der Waals surface area (Å²) in [4.78, 5) is 19.0. The molecule has 4 nitrogen and oxygen atoms in total. The zero-order chi connectivity index (χ0) is 10.8. The van der Waals surface area contributed by atoms with Gasteiger partial charge in [-0.05, 0) is 20.8 Å². The summed E-state index contributed by atoms with van der Waals surface area (Å²) in [7, 11) is 0. The van der Waals surface area contributed by atoms with Crippen molar-refractivity contribution in [2.45, 2.75) is 26.3 Å². The molecule has 70 valence electrons. The molecule has 0 radical (unpaired) electrons. The van der Waals surface area contributed by atoms with Crippen LogP contribution in [0.2, 0.25) is 0 Å². The fraction of sp³-hybridized carbons (Fsp3) is 0.444. The second kappa shape index (κ2) is 3.51. The Bertz CT molecular complexity index is 346. The van der Waals surface area contributed by atoms with Gasteiger partial charge in [0.2, 0.25) is 0 Å². The van der Waals surface area contributed by atoms with Crippen molar-refractivity contribution in [1.29, 1.82) is 0 Å². The lowest BCUT2D eigenvalue weighted by molar-refractivity contribution is 0.0914. The molecule has 1 aromatic rings. The van der Waals surface area contributed by atoms with Crippen LogP contribution in [-0.4, -0.2) is 21.4 Å². The molecule has 1 N–H and O–H groups in total. The molecule has 1 rings (SSSR count). The molecular formula is C9H13N3O. The SMILES string of the molecule is [2H]c1nccnc1C(=O)NC(C)(C)C. The van der Waals surface area contributed by atoms with Crippen LogP contribution in [0.5, 0.6) is 0 Å². The Hall–Kier alpha value is -1.45. The summed E-state index contributed by atoms with van der Waals surface area (Å²) in [6.07, 6.45) is 2.68. The molecule has 0 unspecified atom stereocenters. The minimum atomic E-state index is -0.365. The van der Waals surface area contributed by atoms with Crippen LogP contribution in [-0.2, 0) is 0 Å². The maximum Gasteiger partial charge on any atom is 0.271 e. The highest BCUT2D eigenvalue weighted by molar-refractivity contribution is 5.92. The van der Waals surface area contributed by atoms with Gasteiger partial charge in [0.1, 0.15) is 5.69 Å².